The van der Waals surface area contributed by atoms with Crippen molar-refractivity contribution in [2.75, 3.05) is 25.2 Å². The fraction of sp³-hybridized carbons (Fsp3) is 1.00. The second kappa shape index (κ2) is 7.90. The van der Waals surface area contributed by atoms with Gasteiger partial charge in [-0.15, -0.1) is 0 Å². The van der Waals surface area contributed by atoms with E-state index in [4.69, 9.17) is 10.5 Å². The zero-order valence-corrected chi connectivity index (χ0v) is 9.19. The molecule has 0 aliphatic carbocycles. The van der Waals surface area contributed by atoms with Crippen molar-refractivity contribution in [3.05, 3.63) is 0 Å². The Hall–Kier alpha value is 0.270. The zero-order valence-electron chi connectivity index (χ0n) is 8.38. The summed E-state index contributed by atoms with van der Waals surface area (Å²) in [6, 6.07) is 0.344. The van der Waals surface area contributed by atoms with Gasteiger partial charge < -0.3 is 10.5 Å². The van der Waals surface area contributed by atoms with Gasteiger partial charge in [-0.2, -0.15) is 11.8 Å². The van der Waals surface area contributed by atoms with Gasteiger partial charge in [0, 0.05) is 24.7 Å². The minimum atomic E-state index is 0.344. The molecule has 12 heavy (non-hydrogen) atoms. The second-order valence-electron chi connectivity index (χ2n) is 3.12. The van der Waals surface area contributed by atoms with E-state index in [9.17, 15) is 0 Å². The van der Waals surface area contributed by atoms with E-state index >= 15 is 0 Å². The Labute approximate surface area is 80.2 Å². The Morgan fingerprint density at radius 2 is 2.17 bits per heavy atom. The van der Waals surface area contributed by atoms with Crippen LogP contribution in [0, 0.1) is 5.92 Å². The number of ether oxygens (including phenoxy) is 1. The molecule has 0 radical (unpaired) electrons. The van der Waals surface area contributed by atoms with Crippen LogP contribution in [0.15, 0.2) is 0 Å². The van der Waals surface area contributed by atoms with Crippen LogP contribution in [0.1, 0.15) is 20.3 Å². The van der Waals surface area contributed by atoms with Crippen molar-refractivity contribution < 1.29 is 4.74 Å². The normalized spacial score (nSPS) is 16.0. The van der Waals surface area contributed by atoms with Gasteiger partial charge in [0.1, 0.15) is 0 Å². The van der Waals surface area contributed by atoms with Crippen molar-refractivity contribution in [2.24, 2.45) is 11.7 Å². The molecule has 0 aliphatic heterocycles. The van der Waals surface area contributed by atoms with Crippen molar-refractivity contribution in [3.63, 3.8) is 0 Å². The van der Waals surface area contributed by atoms with E-state index in [2.05, 4.69) is 13.8 Å². The third-order valence-corrected chi connectivity index (χ3v) is 3.19. The van der Waals surface area contributed by atoms with Crippen molar-refractivity contribution in [1.29, 1.82) is 0 Å². The van der Waals surface area contributed by atoms with Crippen LogP contribution in [-0.2, 0) is 4.74 Å². The summed E-state index contributed by atoms with van der Waals surface area (Å²) >= 11 is 1.88. The van der Waals surface area contributed by atoms with Gasteiger partial charge >= 0.3 is 0 Å². The largest absolute Gasteiger partial charge is 0.384 e. The highest BCUT2D eigenvalue weighted by Gasteiger charge is 2.09. The van der Waals surface area contributed by atoms with Crippen molar-refractivity contribution in [3.8, 4) is 0 Å². The highest BCUT2D eigenvalue weighted by molar-refractivity contribution is 7.99. The number of hydrogen-bond acceptors (Lipinski definition) is 3. The first-order chi connectivity index (χ1) is 5.72. The predicted octanol–water partition coefficient (Wildman–Crippen LogP) is 1.74. The van der Waals surface area contributed by atoms with Crippen LogP contribution >= 0.6 is 11.8 Å². The van der Waals surface area contributed by atoms with Crippen LogP contribution < -0.4 is 5.73 Å². The molecule has 0 amide bonds. The smallest absolute Gasteiger partial charge is 0.0552 e. The highest BCUT2D eigenvalue weighted by atomic mass is 32.2. The lowest BCUT2D eigenvalue weighted by Crippen LogP contribution is -2.30. The molecule has 0 fully saturated rings. The molecule has 0 aromatic rings. The summed E-state index contributed by atoms with van der Waals surface area (Å²) < 4.78 is 4.95. The molecule has 2 N–H and O–H groups in total. The Bertz CT molecular complexity index is 101. The summed E-state index contributed by atoms with van der Waals surface area (Å²) in [4.78, 5) is 0. The molecule has 0 aromatic heterocycles. The summed E-state index contributed by atoms with van der Waals surface area (Å²) in [6.07, 6.45) is 1.17. The van der Waals surface area contributed by atoms with E-state index in [1.54, 1.807) is 7.11 Å². The Morgan fingerprint density at radius 3 is 2.67 bits per heavy atom. The van der Waals surface area contributed by atoms with Gasteiger partial charge in [0.25, 0.3) is 0 Å². The summed E-state index contributed by atoms with van der Waals surface area (Å²) in [6.45, 7) is 5.23. The molecule has 0 saturated carbocycles. The van der Waals surface area contributed by atoms with Crippen LogP contribution in [0.3, 0.4) is 0 Å². The molecular formula is C9H21NOS. The molecule has 0 aliphatic rings. The van der Waals surface area contributed by atoms with Crippen molar-refractivity contribution in [2.45, 2.75) is 26.3 Å². The number of hydrogen-bond donors (Lipinski definition) is 1. The maximum absolute atomic E-state index is 5.95. The maximum atomic E-state index is 5.95. The molecule has 3 heteroatoms. The van der Waals surface area contributed by atoms with E-state index in [0.717, 1.165) is 18.1 Å². The molecule has 2 nitrogen and oxygen atoms in total. The molecule has 0 heterocycles. The summed E-state index contributed by atoms with van der Waals surface area (Å²) in [5.74, 6) is 2.75. The van der Waals surface area contributed by atoms with E-state index in [1.807, 2.05) is 11.8 Å². The van der Waals surface area contributed by atoms with Gasteiger partial charge in [0.15, 0.2) is 0 Å². The fourth-order valence-electron chi connectivity index (χ4n) is 0.829. The monoisotopic (exact) mass is 191 g/mol. The van der Waals surface area contributed by atoms with E-state index in [1.165, 1.54) is 6.42 Å². The molecule has 0 bridgehead atoms. The van der Waals surface area contributed by atoms with Gasteiger partial charge in [0.05, 0.1) is 6.61 Å². The SMILES string of the molecule is CCC(C)C(N)CSCCOC. The zero-order chi connectivity index (χ0) is 9.40. The van der Waals surface area contributed by atoms with E-state index in [0.29, 0.717) is 12.0 Å². The third kappa shape index (κ3) is 5.86. The van der Waals surface area contributed by atoms with Crippen LogP contribution in [-0.4, -0.2) is 31.3 Å². The van der Waals surface area contributed by atoms with Gasteiger partial charge in [0.2, 0.25) is 0 Å². The Balaban J connectivity index is 3.24. The summed E-state index contributed by atoms with van der Waals surface area (Å²) in [5, 5.41) is 0. The van der Waals surface area contributed by atoms with Crippen LogP contribution in [0.5, 0.6) is 0 Å². The lowest BCUT2D eigenvalue weighted by molar-refractivity contribution is 0.218. The first-order valence-corrected chi connectivity index (χ1v) is 5.70. The number of thioether (sulfide) groups is 1. The average Bonchev–Trinajstić information content (AvgIpc) is 2.10. The molecule has 0 saturated heterocycles. The minimum absolute atomic E-state index is 0.344. The minimum Gasteiger partial charge on any atom is -0.384 e. The summed E-state index contributed by atoms with van der Waals surface area (Å²) in [5.41, 5.74) is 5.95. The summed E-state index contributed by atoms with van der Waals surface area (Å²) in [7, 11) is 1.73. The number of rotatable bonds is 7. The number of nitrogens with two attached hydrogens (primary N) is 1. The molecule has 0 spiro atoms. The second-order valence-corrected chi connectivity index (χ2v) is 4.27. The van der Waals surface area contributed by atoms with Gasteiger partial charge in [-0.3, -0.25) is 0 Å². The number of methoxy groups -OCH3 is 1. The van der Waals surface area contributed by atoms with Crippen molar-refractivity contribution in [1.82, 2.24) is 0 Å². The van der Waals surface area contributed by atoms with Gasteiger partial charge in [-0.1, -0.05) is 20.3 Å². The van der Waals surface area contributed by atoms with Gasteiger partial charge in [-0.25, -0.2) is 0 Å². The molecular weight excluding hydrogens is 170 g/mol. The topological polar surface area (TPSA) is 35.2 Å². The molecule has 0 rings (SSSR count). The predicted molar refractivity (Wildman–Crippen MR) is 56.6 cm³/mol. The molecule has 0 aromatic carbocycles. The first kappa shape index (κ1) is 12.3. The maximum Gasteiger partial charge on any atom is 0.0552 e. The van der Waals surface area contributed by atoms with Crippen LogP contribution in [0.25, 0.3) is 0 Å². The van der Waals surface area contributed by atoms with Crippen molar-refractivity contribution >= 4 is 11.8 Å². The Morgan fingerprint density at radius 1 is 1.50 bits per heavy atom. The average molecular weight is 191 g/mol. The lowest BCUT2D eigenvalue weighted by atomic mass is 10.0. The third-order valence-electron chi connectivity index (χ3n) is 2.12. The Kier molecular flexibility index (Phi) is 8.07. The molecule has 74 valence electrons. The van der Waals surface area contributed by atoms with Gasteiger partial charge in [-0.05, 0) is 5.92 Å². The van der Waals surface area contributed by atoms with Crippen LogP contribution in [0.2, 0.25) is 0 Å². The fourth-order valence-corrected chi connectivity index (χ4v) is 1.88. The quantitative estimate of drug-likeness (QED) is 0.623. The van der Waals surface area contributed by atoms with E-state index in [-0.39, 0.29) is 0 Å². The van der Waals surface area contributed by atoms with E-state index < -0.39 is 0 Å². The van der Waals surface area contributed by atoms with Crippen LogP contribution in [0.4, 0.5) is 0 Å². The first-order valence-electron chi connectivity index (χ1n) is 4.54. The molecule has 2 atom stereocenters. The standard InChI is InChI=1S/C9H21NOS/c1-4-8(2)9(10)7-12-6-5-11-3/h8-9H,4-7,10H2,1-3H3. The molecule has 2 unspecified atom stereocenters. The highest BCUT2D eigenvalue weighted by Crippen LogP contribution is 2.11. The lowest BCUT2D eigenvalue weighted by Gasteiger charge is -2.17.